The molecule has 3 atom stereocenters. The Labute approximate surface area is 206 Å². The van der Waals surface area contributed by atoms with Crippen molar-refractivity contribution in [3.8, 4) is 0 Å². The van der Waals surface area contributed by atoms with E-state index in [0.29, 0.717) is 24.4 Å². The maximum Gasteiger partial charge on any atom is 0.522 e. The molecule has 10 nitrogen and oxygen atoms in total. The predicted octanol–water partition coefficient (Wildman–Crippen LogP) is 4.75. The quantitative estimate of drug-likeness (QED) is 0.376. The number of carbonyl (C=O) groups is 1. The topological polar surface area (TPSA) is 118 Å². The third-order valence-electron chi connectivity index (χ3n) is 6.28. The van der Waals surface area contributed by atoms with E-state index in [9.17, 15) is 18.0 Å². The van der Waals surface area contributed by atoms with Crippen LogP contribution in [-0.4, -0.2) is 54.8 Å². The van der Waals surface area contributed by atoms with E-state index < -0.39 is 37.3 Å². The molecule has 0 aliphatic heterocycles. The zero-order chi connectivity index (χ0) is 25.7. The van der Waals surface area contributed by atoms with Gasteiger partial charge in [-0.3, -0.25) is 14.2 Å². The Morgan fingerprint density at radius 2 is 2.14 bits per heavy atom. The third-order valence-corrected chi connectivity index (χ3v) is 6.55. The molecule has 0 bridgehead atoms. The molecule has 3 N–H and O–H groups in total. The Balaban J connectivity index is 1.26. The van der Waals surface area contributed by atoms with Gasteiger partial charge in [0.1, 0.15) is 17.3 Å². The maximum atomic E-state index is 15.1. The molecule has 3 aromatic rings. The fourth-order valence-electron chi connectivity index (χ4n) is 4.12. The molecule has 194 valence electrons. The van der Waals surface area contributed by atoms with Gasteiger partial charge in [0.05, 0.1) is 18.5 Å². The number of rotatable bonds is 7. The highest BCUT2D eigenvalue weighted by molar-refractivity contribution is 6.33. The summed E-state index contributed by atoms with van der Waals surface area (Å²) in [5, 5.41) is 12.7. The van der Waals surface area contributed by atoms with Gasteiger partial charge in [0.2, 0.25) is 5.95 Å². The number of hydrogen-bond acceptors (Lipinski definition) is 7. The van der Waals surface area contributed by atoms with Gasteiger partial charge < -0.3 is 15.4 Å². The normalized spacial score (nSPS) is 23.1. The van der Waals surface area contributed by atoms with E-state index in [1.54, 1.807) is 6.07 Å². The largest absolute Gasteiger partial charge is 0.522 e. The molecule has 0 radical (unpaired) electrons. The number of alkyl carbamates (subject to hydrolysis) is 1. The lowest BCUT2D eigenvalue weighted by atomic mass is 10.0. The average molecular weight is 532 g/mol. The molecular weight excluding hydrogens is 510 g/mol. The standard InChI is InChI=1S/C21H22ClF4N7O3/c1-20(4-5-20)30-19(34)36-14-3-2-11(16(14)23)13-6-15(32-31-13)29-18-27-7-12(22)17-28-10(8-33(17)18)9-35-21(24,25)26/h6-8,11,14,16H,2-5,9H2,1H3,(H,30,34)(H2,27,29,31,32)/t11-,14-,16-/m1/s1. The number of aromatic nitrogens is 5. The van der Waals surface area contributed by atoms with E-state index in [2.05, 4.69) is 35.5 Å². The van der Waals surface area contributed by atoms with Gasteiger partial charge >= 0.3 is 12.5 Å². The summed E-state index contributed by atoms with van der Waals surface area (Å²) in [6.45, 7) is 1.11. The number of H-pyrrole nitrogens is 1. The van der Waals surface area contributed by atoms with Crippen molar-refractivity contribution < 1.29 is 31.8 Å². The van der Waals surface area contributed by atoms with Crippen molar-refractivity contribution >= 4 is 35.1 Å². The van der Waals surface area contributed by atoms with Crippen molar-refractivity contribution in [2.75, 3.05) is 5.32 Å². The van der Waals surface area contributed by atoms with Gasteiger partial charge in [-0.05, 0) is 32.6 Å². The molecular formula is C21H22ClF4N7O3. The first-order chi connectivity index (χ1) is 17.0. The van der Waals surface area contributed by atoms with Gasteiger partial charge in [0.25, 0.3) is 0 Å². The average Bonchev–Trinajstić information content (AvgIpc) is 3.16. The van der Waals surface area contributed by atoms with Gasteiger partial charge in [-0.25, -0.2) is 19.2 Å². The molecule has 15 heteroatoms. The van der Waals surface area contributed by atoms with Crippen LogP contribution in [0, 0.1) is 0 Å². The second kappa shape index (κ2) is 9.07. The molecule has 1 amide bonds. The van der Waals surface area contributed by atoms with Crippen LogP contribution in [0.15, 0.2) is 18.5 Å². The van der Waals surface area contributed by atoms with Crippen molar-refractivity contribution in [3.05, 3.63) is 34.9 Å². The molecule has 2 fully saturated rings. The Hall–Kier alpha value is -3.13. The monoisotopic (exact) mass is 531 g/mol. The minimum Gasteiger partial charge on any atom is -0.443 e. The lowest BCUT2D eigenvalue weighted by Crippen LogP contribution is -2.38. The number of hydrogen-bond donors (Lipinski definition) is 3. The number of amides is 1. The zero-order valence-corrected chi connectivity index (χ0v) is 19.7. The number of anilines is 2. The van der Waals surface area contributed by atoms with Gasteiger partial charge in [0, 0.05) is 29.4 Å². The second-order valence-corrected chi connectivity index (χ2v) is 9.59. The summed E-state index contributed by atoms with van der Waals surface area (Å²) < 4.78 is 62.7. The van der Waals surface area contributed by atoms with Crippen molar-refractivity contribution in [1.82, 2.24) is 29.9 Å². The lowest BCUT2D eigenvalue weighted by molar-refractivity contribution is -0.330. The summed E-state index contributed by atoms with van der Waals surface area (Å²) in [7, 11) is 0. The van der Waals surface area contributed by atoms with Crippen molar-refractivity contribution in [2.24, 2.45) is 0 Å². The molecule has 0 spiro atoms. The highest BCUT2D eigenvalue weighted by Crippen LogP contribution is 2.39. The van der Waals surface area contributed by atoms with Crippen molar-refractivity contribution in [3.63, 3.8) is 0 Å². The van der Waals surface area contributed by atoms with E-state index in [1.165, 1.54) is 16.8 Å². The van der Waals surface area contributed by atoms with Crippen LogP contribution in [-0.2, 0) is 16.1 Å². The fraction of sp³-hybridized carbons (Fsp3) is 0.524. The molecule has 0 saturated heterocycles. The fourth-order valence-corrected chi connectivity index (χ4v) is 4.30. The van der Waals surface area contributed by atoms with Crippen LogP contribution in [0.1, 0.15) is 49.9 Å². The molecule has 3 aromatic heterocycles. The number of halogens is 5. The van der Waals surface area contributed by atoms with Crippen LogP contribution in [0.4, 0.5) is 34.1 Å². The Bertz CT molecular complexity index is 1280. The molecule has 0 unspecified atom stereocenters. The molecule has 36 heavy (non-hydrogen) atoms. The Kier molecular flexibility index (Phi) is 6.19. The van der Waals surface area contributed by atoms with Crippen LogP contribution in [0.3, 0.4) is 0 Å². The van der Waals surface area contributed by atoms with Gasteiger partial charge in [-0.2, -0.15) is 5.10 Å². The summed E-state index contributed by atoms with van der Waals surface area (Å²) in [6, 6.07) is 1.59. The molecule has 2 aliphatic rings. The van der Waals surface area contributed by atoms with E-state index in [1.807, 2.05) is 6.92 Å². The van der Waals surface area contributed by atoms with Crippen LogP contribution < -0.4 is 10.6 Å². The minimum absolute atomic E-state index is 0.00928. The van der Waals surface area contributed by atoms with Crippen molar-refractivity contribution in [2.45, 2.75) is 69.3 Å². The number of nitrogens with one attached hydrogen (secondary N) is 3. The summed E-state index contributed by atoms with van der Waals surface area (Å²) in [5.41, 5.74) is 0.405. The first kappa shape index (κ1) is 24.6. The maximum absolute atomic E-state index is 15.1. The number of alkyl halides is 4. The summed E-state index contributed by atoms with van der Waals surface area (Å²) in [4.78, 5) is 20.3. The Morgan fingerprint density at radius 1 is 1.36 bits per heavy atom. The molecule has 3 heterocycles. The first-order valence-corrected chi connectivity index (χ1v) is 11.6. The summed E-state index contributed by atoms with van der Waals surface area (Å²) in [5.74, 6) is -0.0910. The number of nitrogens with zero attached hydrogens (tertiary/aromatic N) is 4. The third kappa shape index (κ3) is 5.33. The lowest BCUT2D eigenvalue weighted by Gasteiger charge is -2.19. The van der Waals surface area contributed by atoms with Gasteiger partial charge in [0.15, 0.2) is 11.5 Å². The molecule has 5 rings (SSSR count). The van der Waals surface area contributed by atoms with Crippen LogP contribution in [0.25, 0.3) is 5.65 Å². The SMILES string of the molecule is CC1(NC(=O)O[C@@H]2CC[C@H](c3cc(Nc4ncc(Cl)c5nc(COC(F)(F)F)cn45)n[nH]3)[C@H]2F)CC1. The van der Waals surface area contributed by atoms with Crippen LogP contribution in [0.5, 0.6) is 0 Å². The highest BCUT2D eigenvalue weighted by atomic mass is 35.5. The predicted molar refractivity (Wildman–Crippen MR) is 119 cm³/mol. The summed E-state index contributed by atoms with van der Waals surface area (Å²) >= 11 is 6.09. The number of carbonyl (C=O) groups excluding carboxylic acids is 1. The summed E-state index contributed by atoms with van der Waals surface area (Å²) in [6.07, 6.45) is -2.54. The highest BCUT2D eigenvalue weighted by Gasteiger charge is 2.43. The molecule has 0 aromatic carbocycles. The number of aromatic amines is 1. The van der Waals surface area contributed by atoms with Gasteiger partial charge in [-0.1, -0.05) is 11.6 Å². The van der Waals surface area contributed by atoms with E-state index in [4.69, 9.17) is 16.3 Å². The van der Waals surface area contributed by atoms with Crippen LogP contribution >= 0.6 is 11.6 Å². The minimum atomic E-state index is -4.80. The van der Waals surface area contributed by atoms with E-state index in [0.717, 1.165) is 12.8 Å². The van der Waals surface area contributed by atoms with Crippen molar-refractivity contribution in [1.29, 1.82) is 0 Å². The number of fused-ring (bicyclic) bond motifs is 1. The van der Waals surface area contributed by atoms with E-state index in [-0.39, 0.29) is 27.9 Å². The zero-order valence-electron chi connectivity index (χ0n) is 18.9. The molecule has 2 saturated carbocycles. The Morgan fingerprint density at radius 3 is 2.86 bits per heavy atom. The van der Waals surface area contributed by atoms with Crippen LogP contribution in [0.2, 0.25) is 5.02 Å². The number of imidazole rings is 1. The van der Waals surface area contributed by atoms with E-state index >= 15 is 4.39 Å². The second-order valence-electron chi connectivity index (χ2n) is 9.18. The molecule has 2 aliphatic carbocycles. The smallest absolute Gasteiger partial charge is 0.443 e. The first-order valence-electron chi connectivity index (χ1n) is 11.2. The number of ether oxygens (including phenoxy) is 2. The van der Waals surface area contributed by atoms with Gasteiger partial charge in [-0.15, -0.1) is 13.2 Å².